The SMILES string of the molecule is [C-]#[N+]c1ccc(N2CCc3c(ncnc3Nc3ccc(CC(=O)OCC(F)(F)F)cn3)C2)cc1C(F)(F)F. The van der Waals surface area contributed by atoms with Crippen LogP contribution in [0.1, 0.15) is 22.4 Å². The van der Waals surface area contributed by atoms with Gasteiger partial charge < -0.3 is 15.0 Å². The van der Waals surface area contributed by atoms with Crippen molar-refractivity contribution < 1.29 is 35.9 Å². The molecule has 0 atom stereocenters. The van der Waals surface area contributed by atoms with Crippen molar-refractivity contribution >= 4 is 29.0 Å². The molecular weight excluding hydrogens is 518 g/mol. The van der Waals surface area contributed by atoms with Crippen LogP contribution in [-0.2, 0) is 35.1 Å². The highest BCUT2D eigenvalue weighted by molar-refractivity contribution is 5.72. The van der Waals surface area contributed by atoms with Gasteiger partial charge in [-0.1, -0.05) is 12.1 Å². The minimum Gasteiger partial charge on any atom is -0.456 e. The second-order valence-electron chi connectivity index (χ2n) is 8.26. The standard InChI is InChI=1S/C24H18F6N6O2/c1-31-18-4-3-15(9-17(18)24(28,29)30)36-7-6-16-19(11-36)33-13-34-22(16)35-20-5-2-14(10-32-20)8-21(37)38-12-23(25,26)27/h2-5,9-10,13H,6-8,11-12H2,(H,32,33,34,35). The molecule has 0 bridgehead atoms. The van der Waals surface area contributed by atoms with Gasteiger partial charge in [-0.3, -0.25) is 4.79 Å². The van der Waals surface area contributed by atoms with Crippen molar-refractivity contribution in [3.63, 3.8) is 0 Å². The number of carbonyl (C=O) groups is 1. The molecule has 0 amide bonds. The average molecular weight is 536 g/mol. The maximum Gasteiger partial charge on any atom is 0.422 e. The molecule has 0 radical (unpaired) electrons. The second-order valence-corrected chi connectivity index (χ2v) is 8.26. The number of carbonyl (C=O) groups excluding carboxylic acids is 1. The van der Waals surface area contributed by atoms with Crippen LogP contribution < -0.4 is 10.2 Å². The number of alkyl halides is 6. The number of anilines is 3. The van der Waals surface area contributed by atoms with E-state index in [2.05, 4.69) is 29.9 Å². The highest BCUT2D eigenvalue weighted by Gasteiger charge is 2.34. The Morgan fingerprint density at radius 3 is 2.55 bits per heavy atom. The van der Waals surface area contributed by atoms with E-state index in [1.54, 1.807) is 4.90 Å². The molecule has 1 N–H and O–H groups in total. The average Bonchev–Trinajstić information content (AvgIpc) is 2.87. The molecule has 3 heterocycles. The zero-order valence-corrected chi connectivity index (χ0v) is 19.4. The normalized spacial score (nSPS) is 13.4. The van der Waals surface area contributed by atoms with Gasteiger partial charge in [0.25, 0.3) is 0 Å². The molecule has 4 rings (SSSR count). The van der Waals surface area contributed by atoms with Gasteiger partial charge in [-0.2, -0.15) is 26.3 Å². The van der Waals surface area contributed by atoms with Crippen LogP contribution in [0.5, 0.6) is 0 Å². The van der Waals surface area contributed by atoms with Gasteiger partial charge in [0, 0.05) is 24.0 Å². The fourth-order valence-corrected chi connectivity index (χ4v) is 3.83. The number of halogens is 6. The van der Waals surface area contributed by atoms with Crippen molar-refractivity contribution in [3.8, 4) is 0 Å². The Hall–Kier alpha value is -4.41. The maximum atomic E-state index is 13.4. The summed E-state index contributed by atoms with van der Waals surface area (Å²) in [6.07, 6.45) is -6.61. The summed E-state index contributed by atoms with van der Waals surface area (Å²) in [7, 11) is 0. The number of rotatable bonds is 6. The minimum atomic E-state index is -4.66. The number of fused-ring (bicyclic) bond motifs is 1. The third-order valence-corrected chi connectivity index (χ3v) is 5.59. The first kappa shape index (κ1) is 26.6. The third kappa shape index (κ3) is 6.47. The summed E-state index contributed by atoms with van der Waals surface area (Å²) in [5.41, 5.74) is 0.549. The van der Waals surface area contributed by atoms with Crippen molar-refractivity contribution in [1.82, 2.24) is 15.0 Å². The van der Waals surface area contributed by atoms with E-state index >= 15 is 0 Å². The molecule has 1 aliphatic heterocycles. The van der Waals surface area contributed by atoms with Crippen molar-refractivity contribution in [1.29, 1.82) is 0 Å². The number of hydrogen-bond acceptors (Lipinski definition) is 7. The zero-order valence-electron chi connectivity index (χ0n) is 19.4. The Morgan fingerprint density at radius 2 is 1.89 bits per heavy atom. The van der Waals surface area contributed by atoms with Crippen LogP contribution in [0, 0.1) is 6.57 Å². The van der Waals surface area contributed by atoms with Crippen LogP contribution in [0.3, 0.4) is 0 Å². The zero-order chi connectivity index (χ0) is 27.5. The summed E-state index contributed by atoms with van der Waals surface area (Å²) in [6, 6.07) is 6.61. The fourth-order valence-electron chi connectivity index (χ4n) is 3.83. The summed E-state index contributed by atoms with van der Waals surface area (Å²) < 4.78 is 80.8. The van der Waals surface area contributed by atoms with Gasteiger partial charge in [-0.05, 0) is 30.2 Å². The molecule has 8 nitrogen and oxygen atoms in total. The Bertz CT molecular complexity index is 1370. The number of nitrogens with zero attached hydrogens (tertiary/aromatic N) is 5. The molecule has 0 spiro atoms. The van der Waals surface area contributed by atoms with Crippen LogP contribution in [0.15, 0.2) is 42.9 Å². The Morgan fingerprint density at radius 1 is 1.11 bits per heavy atom. The van der Waals surface area contributed by atoms with E-state index in [0.29, 0.717) is 41.5 Å². The number of nitrogens with one attached hydrogen (secondary N) is 1. The van der Waals surface area contributed by atoms with Gasteiger partial charge in [0.1, 0.15) is 18.0 Å². The number of benzene rings is 1. The molecule has 38 heavy (non-hydrogen) atoms. The van der Waals surface area contributed by atoms with Gasteiger partial charge in [0.15, 0.2) is 12.3 Å². The van der Waals surface area contributed by atoms with Gasteiger partial charge in [0.05, 0.1) is 30.8 Å². The molecule has 198 valence electrons. The molecule has 0 fully saturated rings. The lowest BCUT2D eigenvalue weighted by Crippen LogP contribution is -2.32. The summed E-state index contributed by atoms with van der Waals surface area (Å²) >= 11 is 0. The number of esters is 1. The molecule has 14 heteroatoms. The molecule has 2 aromatic heterocycles. The van der Waals surface area contributed by atoms with E-state index in [4.69, 9.17) is 6.57 Å². The van der Waals surface area contributed by atoms with Crippen molar-refractivity contribution in [2.24, 2.45) is 0 Å². The van der Waals surface area contributed by atoms with Gasteiger partial charge in [-0.15, -0.1) is 0 Å². The maximum absolute atomic E-state index is 13.4. The summed E-state index contributed by atoms with van der Waals surface area (Å²) in [5, 5.41) is 3.03. The van der Waals surface area contributed by atoms with E-state index in [9.17, 15) is 31.1 Å². The van der Waals surface area contributed by atoms with Crippen LogP contribution in [-0.4, -0.2) is 40.2 Å². The lowest BCUT2D eigenvalue weighted by Gasteiger charge is -2.31. The first-order valence-corrected chi connectivity index (χ1v) is 11.0. The van der Waals surface area contributed by atoms with Crippen LogP contribution >= 0.6 is 0 Å². The number of ether oxygens (including phenoxy) is 1. The lowest BCUT2D eigenvalue weighted by molar-refractivity contribution is -0.185. The van der Waals surface area contributed by atoms with E-state index in [1.165, 1.54) is 30.7 Å². The van der Waals surface area contributed by atoms with Gasteiger partial charge >= 0.3 is 18.3 Å². The highest BCUT2D eigenvalue weighted by Crippen LogP contribution is 2.39. The molecule has 0 unspecified atom stereocenters. The Kier molecular flexibility index (Phi) is 7.38. The van der Waals surface area contributed by atoms with Gasteiger partial charge in [-0.25, -0.2) is 19.8 Å². The van der Waals surface area contributed by atoms with Crippen molar-refractivity contribution in [2.45, 2.75) is 31.7 Å². The number of aromatic nitrogens is 3. The topological polar surface area (TPSA) is 84.6 Å². The molecule has 0 saturated carbocycles. The summed E-state index contributed by atoms with van der Waals surface area (Å²) in [6.45, 7) is 5.92. The molecule has 1 aromatic carbocycles. The molecular formula is C24H18F6N6O2. The molecule has 0 saturated heterocycles. The summed E-state index contributed by atoms with van der Waals surface area (Å²) in [5.74, 6) is -0.241. The van der Waals surface area contributed by atoms with Crippen molar-refractivity contribution in [2.75, 3.05) is 23.4 Å². The highest BCUT2D eigenvalue weighted by atomic mass is 19.4. The minimum absolute atomic E-state index is 0.216. The molecule has 0 aliphatic carbocycles. The monoisotopic (exact) mass is 536 g/mol. The van der Waals surface area contributed by atoms with Crippen LogP contribution in [0.25, 0.3) is 4.85 Å². The quantitative estimate of drug-likeness (QED) is 0.257. The number of hydrogen-bond donors (Lipinski definition) is 1. The van der Waals surface area contributed by atoms with Crippen LogP contribution in [0.4, 0.5) is 49.4 Å². The number of pyridine rings is 1. The first-order valence-electron chi connectivity index (χ1n) is 11.0. The lowest BCUT2D eigenvalue weighted by atomic mass is 10.0. The third-order valence-electron chi connectivity index (χ3n) is 5.59. The first-order chi connectivity index (χ1) is 17.9. The van der Waals surface area contributed by atoms with E-state index in [1.807, 2.05) is 0 Å². The fraction of sp³-hybridized carbons (Fsp3) is 0.292. The van der Waals surface area contributed by atoms with E-state index in [0.717, 1.165) is 17.7 Å². The van der Waals surface area contributed by atoms with Crippen LogP contribution in [0.2, 0.25) is 0 Å². The molecule has 1 aliphatic rings. The predicted octanol–water partition coefficient (Wildman–Crippen LogP) is 5.40. The predicted molar refractivity (Wildman–Crippen MR) is 123 cm³/mol. The van der Waals surface area contributed by atoms with Gasteiger partial charge in [0.2, 0.25) is 0 Å². The summed E-state index contributed by atoms with van der Waals surface area (Å²) in [4.78, 5) is 28.9. The Labute approximate surface area is 212 Å². The van der Waals surface area contributed by atoms with E-state index < -0.39 is 36.2 Å². The smallest absolute Gasteiger partial charge is 0.422 e. The van der Waals surface area contributed by atoms with E-state index in [-0.39, 0.29) is 13.0 Å². The van der Waals surface area contributed by atoms with Crippen molar-refractivity contribution in [3.05, 3.63) is 76.7 Å². The second kappa shape index (κ2) is 10.5. The molecule has 3 aromatic rings. The Balaban J connectivity index is 1.44. The largest absolute Gasteiger partial charge is 0.456 e.